The Morgan fingerprint density at radius 1 is 1.22 bits per heavy atom. The number of carbonyl (C=O) groups excluding carboxylic acids is 1. The van der Waals surface area contributed by atoms with Crippen molar-refractivity contribution in [3.05, 3.63) is 42.1 Å². The molecule has 0 spiro atoms. The second-order valence-corrected chi connectivity index (χ2v) is 15.1. The predicted molar refractivity (Wildman–Crippen MR) is 124 cm³/mol. The molecule has 0 N–H and O–H groups in total. The molecule has 170 valence electrons. The highest BCUT2D eigenvalue weighted by Crippen LogP contribution is 2.36. The molecule has 0 radical (unpaired) electrons. The number of aldehydes is 1. The zero-order valence-electron chi connectivity index (χ0n) is 18.6. The van der Waals surface area contributed by atoms with Crippen LogP contribution in [0, 0.1) is 0 Å². The number of pyridine rings is 1. The van der Waals surface area contributed by atoms with Crippen molar-refractivity contribution in [2.24, 2.45) is 0 Å². The second kappa shape index (κ2) is 8.71. The van der Waals surface area contributed by atoms with E-state index in [1.165, 1.54) is 4.90 Å². The number of fused-ring (bicyclic) bond motifs is 1. The summed E-state index contributed by atoms with van der Waals surface area (Å²) in [6, 6.07) is 10.5. The normalized spacial score (nSPS) is 16.1. The zero-order valence-corrected chi connectivity index (χ0v) is 19.6. The maximum absolute atomic E-state index is 13.8. The number of halogens is 2. The number of benzene rings is 1. The Morgan fingerprint density at radius 3 is 2.69 bits per heavy atom. The summed E-state index contributed by atoms with van der Waals surface area (Å²) in [6.45, 7) is 7.59. The predicted octanol–water partition coefficient (Wildman–Crippen LogP) is 5.07. The van der Waals surface area contributed by atoms with Crippen LogP contribution in [0.4, 0.5) is 14.6 Å². The SMILES string of the molecule is C[Si](C)(C)CCOCn1nc(-c2ccnc(N3CCC(F)(F)C3)c2C=O)c2ccccc21. The topological polar surface area (TPSA) is 60.2 Å². The lowest BCUT2D eigenvalue weighted by atomic mass is 10.0. The van der Waals surface area contributed by atoms with Crippen LogP contribution in [0.15, 0.2) is 36.5 Å². The number of hydrogen-bond donors (Lipinski definition) is 0. The van der Waals surface area contributed by atoms with Gasteiger partial charge >= 0.3 is 0 Å². The van der Waals surface area contributed by atoms with Gasteiger partial charge in [0.05, 0.1) is 17.6 Å². The molecule has 0 unspecified atom stereocenters. The van der Waals surface area contributed by atoms with Crippen molar-refractivity contribution in [3.63, 3.8) is 0 Å². The minimum Gasteiger partial charge on any atom is -0.360 e. The Bertz CT molecular complexity index is 1130. The number of hydrogen-bond acceptors (Lipinski definition) is 5. The summed E-state index contributed by atoms with van der Waals surface area (Å²) < 4.78 is 35.3. The van der Waals surface area contributed by atoms with Gasteiger partial charge in [0, 0.05) is 44.8 Å². The summed E-state index contributed by atoms with van der Waals surface area (Å²) in [5, 5.41) is 5.62. The van der Waals surface area contributed by atoms with E-state index in [0.717, 1.165) is 16.9 Å². The van der Waals surface area contributed by atoms with Crippen LogP contribution in [-0.4, -0.2) is 54.7 Å². The maximum Gasteiger partial charge on any atom is 0.266 e. The van der Waals surface area contributed by atoms with Gasteiger partial charge in [-0.3, -0.25) is 4.79 Å². The van der Waals surface area contributed by atoms with E-state index < -0.39 is 20.5 Å². The lowest BCUT2D eigenvalue weighted by molar-refractivity contribution is 0.0256. The smallest absolute Gasteiger partial charge is 0.266 e. The van der Waals surface area contributed by atoms with Crippen molar-refractivity contribution in [3.8, 4) is 11.3 Å². The van der Waals surface area contributed by atoms with Crippen molar-refractivity contribution < 1.29 is 18.3 Å². The first-order chi connectivity index (χ1) is 15.2. The molecule has 0 aliphatic carbocycles. The van der Waals surface area contributed by atoms with Gasteiger partial charge in [-0.05, 0) is 18.2 Å². The first-order valence-electron chi connectivity index (χ1n) is 10.8. The molecule has 0 bridgehead atoms. The van der Waals surface area contributed by atoms with E-state index in [-0.39, 0.29) is 24.3 Å². The second-order valence-electron chi connectivity index (χ2n) is 9.45. The summed E-state index contributed by atoms with van der Waals surface area (Å²) in [7, 11) is -1.20. The monoisotopic (exact) mass is 458 g/mol. The minimum atomic E-state index is -2.78. The largest absolute Gasteiger partial charge is 0.360 e. The van der Waals surface area contributed by atoms with Gasteiger partial charge in [-0.15, -0.1) is 0 Å². The Morgan fingerprint density at radius 2 is 2.00 bits per heavy atom. The van der Waals surface area contributed by atoms with Crippen LogP contribution in [0.5, 0.6) is 0 Å². The summed E-state index contributed by atoms with van der Waals surface area (Å²) >= 11 is 0. The first kappa shape index (κ1) is 22.5. The van der Waals surface area contributed by atoms with Crippen molar-refractivity contribution in [1.82, 2.24) is 14.8 Å². The average molecular weight is 459 g/mol. The molecule has 1 aliphatic rings. The Hall–Kier alpha value is -2.65. The summed E-state index contributed by atoms with van der Waals surface area (Å²) in [5.74, 6) is -2.50. The summed E-state index contributed by atoms with van der Waals surface area (Å²) in [5.41, 5.74) is 2.36. The lowest BCUT2D eigenvalue weighted by Crippen LogP contribution is -2.26. The number of alkyl halides is 2. The Balaban J connectivity index is 1.69. The van der Waals surface area contributed by atoms with Crippen molar-refractivity contribution in [1.29, 1.82) is 0 Å². The molecule has 0 saturated carbocycles. The van der Waals surface area contributed by atoms with Crippen LogP contribution >= 0.6 is 0 Å². The van der Waals surface area contributed by atoms with Crippen LogP contribution in [0.2, 0.25) is 25.7 Å². The van der Waals surface area contributed by atoms with Crippen molar-refractivity contribution >= 4 is 31.1 Å². The molecule has 1 aliphatic heterocycles. The standard InChI is InChI=1S/C23H28F2N4O2Si/c1-32(2,3)13-12-31-16-29-20-7-5-4-6-18(20)21(27-29)17-8-10-26-22(19(17)14-30)28-11-9-23(24,25)15-28/h4-8,10,14H,9,11-13,15-16H2,1-3H3. The van der Waals surface area contributed by atoms with E-state index in [1.807, 2.05) is 24.3 Å². The third kappa shape index (κ3) is 4.73. The fraction of sp³-hybridized carbons (Fsp3) is 0.435. The molecule has 0 amide bonds. The maximum atomic E-state index is 13.8. The highest BCUT2D eigenvalue weighted by atomic mass is 28.3. The molecule has 2 aromatic heterocycles. The van der Waals surface area contributed by atoms with E-state index in [2.05, 4.69) is 24.6 Å². The number of ether oxygens (including phenoxy) is 1. The van der Waals surface area contributed by atoms with Crippen molar-refractivity contribution in [2.45, 2.75) is 44.8 Å². The zero-order chi connectivity index (χ0) is 22.9. The number of carbonyl (C=O) groups is 1. The van der Waals surface area contributed by atoms with Gasteiger partial charge in [0.15, 0.2) is 6.29 Å². The fourth-order valence-corrected chi connectivity index (χ4v) is 4.66. The molecule has 1 fully saturated rings. The molecule has 9 heteroatoms. The molecular weight excluding hydrogens is 430 g/mol. The fourth-order valence-electron chi connectivity index (χ4n) is 3.91. The number of rotatable bonds is 8. The van der Waals surface area contributed by atoms with Crippen LogP contribution in [0.1, 0.15) is 16.8 Å². The van der Waals surface area contributed by atoms with E-state index in [9.17, 15) is 13.6 Å². The number of para-hydroxylation sites is 1. The average Bonchev–Trinajstić information content (AvgIpc) is 3.30. The van der Waals surface area contributed by atoms with Crippen LogP contribution in [0.3, 0.4) is 0 Å². The van der Waals surface area contributed by atoms with Gasteiger partial charge in [-0.1, -0.05) is 37.8 Å². The first-order valence-corrected chi connectivity index (χ1v) is 14.5. The van der Waals surface area contributed by atoms with E-state index in [4.69, 9.17) is 9.84 Å². The Kier molecular flexibility index (Phi) is 6.13. The number of aromatic nitrogens is 3. The van der Waals surface area contributed by atoms with Crippen molar-refractivity contribution in [2.75, 3.05) is 24.6 Å². The summed E-state index contributed by atoms with van der Waals surface area (Å²) in [4.78, 5) is 17.8. The number of anilines is 1. The lowest BCUT2D eigenvalue weighted by Gasteiger charge is -2.19. The number of nitrogens with zero attached hydrogens (tertiary/aromatic N) is 4. The van der Waals surface area contributed by atoms with E-state index >= 15 is 0 Å². The van der Waals surface area contributed by atoms with Crippen LogP contribution in [0.25, 0.3) is 22.2 Å². The van der Waals surface area contributed by atoms with E-state index in [0.29, 0.717) is 30.9 Å². The van der Waals surface area contributed by atoms with Gasteiger partial charge in [-0.2, -0.15) is 5.10 Å². The van der Waals surface area contributed by atoms with Gasteiger partial charge in [0.25, 0.3) is 5.92 Å². The van der Waals surface area contributed by atoms with Crippen LogP contribution < -0.4 is 4.90 Å². The van der Waals surface area contributed by atoms with Gasteiger partial charge in [0.2, 0.25) is 0 Å². The van der Waals surface area contributed by atoms with Gasteiger partial charge < -0.3 is 9.64 Å². The molecule has 1 saturated heterocycles. The molecule has 32 heavy (non-hydrogen) atoms. The molecular formula is C23H28F2N4O2Si. The third-order valence-electron chi connectivity index (χ3n) is 5.68. The highest BCUT2D eigenvalue weighted by molar-refractivity contribution is 6.76. The molecule has 1 aromatic carbocycles. The molecule has 3 aromatic rings. The molecule has 0 atom stereocenters. The summed E-state index contributed by atoms with van der Waals surface area (Å²) in [6.07, 6.45) is 1.99. The van der Waals surface area contributed by atoms with Gasteiger partial charge in [0.1, 0.15) is 18.2 Å². The minimum absolute atomic E-state index is 0.157. The van der Waals surface area contributed by atoms with Gasteiger partial charge in [-0.25, -0.2) is 18.4 Å². The molecule has 3 heterocycles. The van der Waals surface area contributed by atoms with Crippen LogP contribution in [-0.2, 0) is 11.5 Å². The third-order valence-corrected chi connectivity index (χ3v) is 7.38. The van der Waals surface area contributed by atoms with E-state index in [1.54, 1.807) is 16.9 Å². The molecule has 6 nitrogen and oxygen atoms in total. The quantitative estimate of drug-likeness (QED) is 0.268. The highest BCUT2D eigenvalue weighted by Gasteiger charge is 2.39. The Labute approximate surface area is 187 Å². The molecule has 4 rings (SSSR count).